The highest BCUT2D eigenvalue weighted by atomic mass is 16.5. The maximum Gasteiger partial charge on any atom is 0.131 e. The molecule has 0 amide bonds. The summed E-state index contributed by atoms with van der Waals surface area (Å²) in [6.45, 7) is 5.64. The van der Waals surface area contributed by atoms with Crippen LogP contribution in [0.4, 0.5) is 5.82 Å². The molecule has 1 aromatic heterocycles. The summed E-state index contributed by atoms with van der Waals surface area (Å²) in [5, 5.41) is 0. The Morgan fingerprint density at radius 3 is 2.84 bits per heavy atom. The Hall–Kier alpha value is -1.81. The van der Waals surface area contributed by atoms with Gasteiger partial charge >= 0.3 is 0 Å². The van der Waals surface area contributed by atoms with E-state index >= 15 is 0 Å². The zero-order valence-electron chi connectivity index (χ0n) is 11.8. The molecule has 1 heterocycles. The van der Waals surface area contributed by atoms with Crippen molar-refractivity contribution in [2.24, 2.45) is 0 Å². The van der Waals surface area contributed by atoms with Gasteiger partial charge in [-0.25, -0.2) is 4.98 Å². The maximum absolute atomic E-state index is 6.22. The van der Waals surface area contributed by atoms with Crippen LogP contribution in [-0.2, 0) is 17.9 Å². The molecule has 0 spiro atoms. The van der Waals surface area contributed by atoms with E-state index in [2.05, 4.69) is 22.5 Å². The van der Waals surface area contributed by atoms with Crippen molar-refractivity contribution in [1.29, 1.82) is 0 Å². The average molecular weight is 259 g/mol. The van der Waals surface area contributed by atoms with Crippen LogP contribution in [0, 0.1) is 6.92 Å². The lowest BCUT2D eigenvalue weighted by atomic mass is 10.1. The first-order valence-corrected chi connectivity index (χ1v) is 6.58. The average Bonchev–Trinajstić information content (AvgIpc) is 2.68. The molecule has 1 aromatic carbocycles. The molecule has 0 aliphatic heterocycles. The number of nitrogens with two attached hydrogens (primary N) is 1. The molecule has 0 aliphatic carbocycles. The minimum atomic E-state index is 0.600. The highest BCUT2D eigenvalue weighted by molar-refractivity contribution is 5.71. The molecule has 0 saturated carbocycles. The van der Waals surface area contributed by atoms with E-state index in [-0.39, 0.29) is 0 Å². The highest BCUT2D eigenvalue weighted by Crippen LogP contribution is 2.27. The lowest BCUT2D eigenvalue weighted by molar-refractivity contribution is 0.185. The quantitative estimate of drug-likeness (QED) is 0.898. The first kappa shape index (κ1) is 13.6. The monoisotopic (exact) mass is 259 g/mol. The molecule has 19 heavy (non-hydrogen) atoms. The third kappa shape index (κ3) is 2.79. The van der Waals surface area contributed by atoms with Crippen molar-refractivity contribution in [2.75, 3.05) is 12.8 Å². The molecule has 102 valence electrons. The standard InChI is InChI=1S/C15H21N3O/c1-4-8-18-11(2)17-14(15(18)16)13-7-5-6-12(9-13)10-19-3/h5-7,9H,4,8,10,16H2,1-3H3. The van der Waals surface area contributed by atoms with Gasteiger partial charge in [-0.1, -0.05) is 25.1 Å². The molecule has 0 aliphatic rings. The summed E-state index contributed by atoms with van der Waals surface area (Å²) >= 11 is 0. The predicted molar refractivity (Wildman–Crippen MR) is 77.8 cm³/mol. The van der Waals surface area contributed by atoms with Gasteiger partial charge in [-0.2, -0.15) is 0 Å². The SMILES string of the molecule is CCCn1c(C)nc(-c2cccc(COC)c2)c1N. The van der Waals surface area contributed by atoms with E-state index in [1.807, 2.05) is 25.1 Å². The Labute approximate surface area is 114 Å². The second-order valence-corrected chi connectivity index (χ2v) is 4.68. The van der Waals surface area contributed by atoms with E-state index in [1.165, 1.54) is 0 Å². The van der Waals surface area contributed by atoms with E-state index in [9.17, 15) is 0 Å². The van der Waals surface area contributed by atoms with Crippen LogP contribution in [-0.4, -0.2) is 16.7 Å². The van der Waals surface area contributed by atoms with Crippen LogP contribution in [0.15, 0.2) is 24.3 Å². The maximum atomic E-state index is 6.22. The molecule has 0 atom stereocenters. The van der Waals surface area contributed by atoms with E-state index in [4.69, 9.17) is 10.5 Å². The molecule has 0 bridgehead atoms. The number of benzene rings is 1. The second kappa shape index (κ2) is 5.89. The number of rotatable bonds is 5. The first-order valence-electron chi connectivity index (χ1n) is 6.58. The number of nitrogens with zero attached hydrogens (tertiary/aromatic N) is 2. The number of nitrogen functional groups attached to an aromatic ring is 1. The zero-order valence-corrected chi connectivity index (χ0v) is 11.8. The van der Waals surface area contributed by atoms with Crippen molar-refractivity contribution < 1.29 is 4.74 Å². The summed E-state index contributed by atoms with van der Waals surface area (Å²) in [5.74, 6) is 1.71. The van der Waals surface area contributed by atoms with Crippen molar-refractivity contribution in [3.63, 3.8) is 0 Å². The normalized spacial score (nSPS) is 10.9. The lowest BCUT2D eigenvalue weighted by Crippen LogP contribution is -2.04. The van der Waals surface area contributed by atoms with Crippen molar-refractivity contribution in [3.05, 3.63) is 35.7 Å². The van der Waals surface area contributed by atoms with Gasteiger partial charge in [0.25, 0.3) is 0 Å². The van der Waals surface area contributed by atoms with Crippen molar-refractivity contribution in [2.45, 2.75) is 33.4 Å². The molecule has 0 fully saturated rings. The number of hydrogen-bond donors (Lipinski definition) is 1. The minimum Gasteiger partial charge on any atom is -0.383 e. The third-order valence-electron chi connectivity index (χ3n) is 3.16. The van der Waals surface area contributed by atoms with Gasteiger partial charge in [-0.05, 0) is 25.0 Å². The Morgan fingerprint density at radius 2 is 2.16 bits per heavy atom. The predicted octanol–water partition coefficient (Wildman–Crippen LogP) is 3.00. The number of aromatic nitrogens is 2. The van der Waals surface area contributed by atoms with Crippen molar-refractivity contribution >= 4 is 5.82 Å². The molecule has 2 rings (SSSR count). The summed E-state index contributed by atoms with van der Waals surface area (Å²) < 4.78 is 7.23. The van der Waals surface area contributed by atoms with Crippen LogP contribution >= 0.6 is 0 Å². The van der Waals surface area contributed by atoms with E-state index in [0.29, 0.717) is 6.61 Å². The first-order chi connectivity index (χ1) is 9.17. The van der Waals surface area contributed by atoms with Crippen molar-refractivity contribution in [1.82, 2.24) is 9.55 Å². The lowest BCUT2D eigenvalue weighted by Gasteiger charge is -2.06. The molecule has 0 radical (unpaired) electrons. The summed E-state index contributed by atoms with van der Waals surface area (Å²) in [7, 11) is 1.70. The van der Waals surface area contributed by atoms with Gasteiger partial charge in [-0.3, -0.25) is 0 Å². The van der Waals surface area contributed by atoms with Gasteiger partial charge in [0.05, 0.1) is 6.61 Å². The van der Waals surface area contributed by atoms with Gasteiger partial charge in [0.1, 0.15) is 17.3 Å². The molecule has 0 unspecified atom stereocenters. The van der Waals surface area contributed by atoms with E-state index in [1.54, 1.807) is 7.11 Å². The van der Waals surface area contributed by atoms with Gasteiger partial charge in [0.2, 0.25) is 0 Å². The van der Waals surface area contributed by atoms with Crippen LogP contribution in [0.2, 0.25) is 0 Å². The number of imidazole rings is 1. The summed E-state index contributed by atoms with van der Waals surface area (Å²) in [5.41, 5.74) is 9.25. The Morgan fingerprint density at radius 1 is 1.37 bits per heavy atom. The van der Waals surface area contributed by atoms with Crippen molar-refractivity contribution in [3.8, 4) is 11.3 Å². The summed E-state index contributed by atoms with van der Waals surface area (Å²) in [4.78, 5) is 4.60. The van der Waals surface area contributed by atoms with Crippen LogP contribution in [0.25, 0.3) is 11.3 Å². The zero-order chi connectivity index (χ0) is 13.8. The molecular weight excluding hydrogens is 238 g/mol. The number of anilines is 1. The van der Waals surface area contributed by atoms with Gasteiger partial charge in [0, 0.05) is 19.2 Å². The number of ether oxygens (including phenoxy) is 1. The van der Waals surface area contributed by atoms with Crippen LogP contribution in [0.3, 0.4) is 0 Å². The van der Waals surface area contributed by atoms with Crippen LogP contribution < -0.4 is 5.73 Å². The Bertz CT molecular complexity index is 561. The Kier molecular flexibility index (Phi) is 4.22. The van der Waals surface area contributed by atoms with Gasteiger partial charge < -0.3 is 15.0 Å². The highest BCUT2D eigenvalue weighted by Gasteiger charge is 2.13. The molecule has 4 nitrogen and oxygen atoms in total. The summed E-state index contributed by atoms with van der Waals surface area (Å²) in [6, 6.07) is 8.17. The van der Waals surface area contributed by atoms with Crippen LogP contribution in [0.5, 0.6) is 0 Å². The van der Waals surface area contributed by atoms with Crippen LogP contribution in [0.1, 0.15) is 24.7 Å². The van der Waals surface area contributed by atoms with Gasteiger partial charge in [-0.15, -0.1) is 0 Å². The number of methoxy groups -OCH3 is 1. The number of hydrogen-bond acceptors (Lipinski definition) is 3. The second-order valence-electron chi connectivity index (χ2n) is 4.68. The molecule has 2 aromatic rings. The summed E-state index contributed by atoms with van der Waals surface area (Å²) in [6.07, 6.45) is 1.05. The molecule has 2 N–H and O–H groups in total. The van der Waals surface area contributed by atoms with E-state index < -0.39 is 0 Å². The topological polar surface area (TPSA) is 53.1 Å². The minimum absolute atomic E-state index is 0.600. The largest absolute Gasteiger partial charge is 0.383 e. The molecule has 0 saturated heterocycles. The van der Waals surface area contributed by atoms with E-state index in [0.717, 1.165) is 41.4 Å². The fourth-order valence-electron chi connectivity index (χ4n) is 2.27. The van der Waals surface area contributed by atoms with Gasteiger partial charge in [0.15, 0.2) is 0 Å². The number of aryl methyl sites for hydroxylation is 1. The third-order valence-corrected chi connectivity index (χ3v) is 3.16. The fraction of sp³-hybridized carbons (Fsp3) is 0.400. The fourth-order valence-corrected chi connectivity index (χ4v) is 2.27. The Balaban J connectivity index is 2.41. The smallest absolute Gasteiger partial charge is 0.131 e. The molecular formula is C15H21N3O. The molecule has 4 heteroatoms.